The summed E-state index contributed by atoms with van der Waals surface area (Å²) in [6.45, 7) is 2.80. The summed E-state index contributed by atoms with van der Waals surface area (Å²) in [4.78, 5) is 1.79. The van der Waals surface area contributed by atoms with Gasteiger partial charge in [-0.1, -0.05) is 24.3 Å². The van der Waals surface area contributed by atoms with Crippen LogP contribution in [0.4, 0.5) is 14.5 Å². The fourth-order valence-corrected chi connectivity index (χ4v) is 2.19. The molecule has 0 atom stereocenters. The maximum atomic E-state index is 13.8. The number of hydrogen-bond donors (Lipinski definition) is 2. The maximum Gasteiger partial charge on any atom is 0.491 e. The van der Waals surface area contributed by atoms with Gasteiger partial charge >= 0.3 is 7.12 Å². The summed E-state index contributed by atoms with van der Waals surface area (Å²) >= 11 is 0. The second kappa shape index (κ2) is 6.69. The first-order valence-corrected chi connectivity index (χ1v) is 6.67. The van der Waals surface area contributed by atoms with Gasteiger partial charge in [0.2, 0.25) is 0 Å². The van der Waals surface area contributed by atoms with E-state index in [1.54, 1.807) is 29.2 Å². The van der Waals surface area contributed by atoms with Gasteiger partial charge in [-0.05, 0) is 30.7 Å². The third-order valence-corrected chi connectivity index (χ3v) is 3.29. The van der Waals surface area contributed by atoms with Gasteiger partial charge in [0, 0.05) is 18.6 Å². The standard InChI is InChI=1S/C15H16BF2NO2/c1-2-19(15-6-4-3-5-14(15)18)10-11-7-8-13(17)12(9-11)16(20)21/h3-9,20-21H,2,10H2,1H3. The molecule has 0 heterocycles. The molecule has 2 N–H and O–H groups in total. The topological polar surface area (TPSA) is 43.7 Å². The van der Waals surface area contributed by atoms with Gasteiger partial charge in [0.15, 0.2) is 0 Å². The Labute approximate surface area is 122 Å². The molecule has 0 spiro atoms. The van der Waals surface area contributed by atoms with Crippen LogP contribution in [0.3, 0.4) is 0 Å². The molecule has 6 heteroatoms. The zero-order valence-electron chi connectivity index (χ0n) is 11.6. The van der Waals surface area contributed by atoms with Crippen LogP contribution in [-0.4, -0.2) is 23.7 Å². The van der Waals surface area contributed by atoms with E-state index in [2.05, 4.69) is 0 Å². The van der Waals surface area contributed by atoms with Crippen molar-refractivity contribution in [2.45, 2.75) is 13.5 Å². The molecule has 21 heavy (non-hydrogen) atoms. The Morgan fingerprint density at radius 3 is 2.38 bits per heavy atom. The van der Waals surface area contributed by atoms with Gasteiger partial charge < -0.3 is 14.9 Å². The highest BCUT2D eigenvalue weighted by atomic mass is 19.1. The van der Waals surface area contributed by atoms with Gasteiger partial charge in [0.25, 0.3) is 0 Å². The summed E-state index contributed by atoms with van der Waals surface area (Å²) in [6, 6.07) is 10.5. The molecule has 3 nitrogen and oxygen atoms in total. The van der Waals surface area contributed by atoms with Crippen LogP contribution in [0.5, 0.6) is 0 Å². The largest absolute Gasteiger partial charge is 0.491 e. The number of anilines is 1. The van der Waals surface area contributed by atoms with E-state index in [9.17, 15) is 8.78 Å². The zero-order chi connectivity index (χ0) is 15.4. The van der Waals surface area contributed by atoms with Crippen LogP contribution in [-0.2, 0) is 6.54 Å². The van der Waals surface area contributed by atoms with Crippen molar-refractivity contribution < 1.29 is 18.8 Å². The number of nitrogens with zero attached hydrogens (tertiary/aromatic N) is 1. The predicted molar refractivity (Wildman–Crippen MR) is 79.3 cm³/mol. The van der Waals surface area contributed by atoms with Crippen molar-refractivity contribution in [3.8, 4) is 0 Å². The molecule has 0 aromatic heterocycles. The molecule has 0 saturated heterocycles. The molecule has 2 aromatic carbocycles. The quantitative estimate of drug-likeness (QED) is 0.824. The summed E-state index contributed by atoms with van der Waals surface area (Å²) < 4.78 is 27.3. The summed E-state index contributed by atoms with van der Waals surface area (Å²) in [5.41, 5.74) is 0.942. The minimum atomic E-state index is -1.87. The van der Waals surface area contributed by atoms with Crippen LogP contribution >= 0.6 is 0 Å². The first kappa shape index (κ1) is 15.5. The highest BCUT2D eigenvalue weighted by Crippen LogP contribution is 2.20. The van der Waals surface area contributed by atoms with Crippen molar-refractivity contribution in [3.63, 3.8) is 0 Å². The van der Waals surface area contributed by atoms with E-state index < -0.39 is 12.9 Å². The molecule has 0 saturated carbocycles. The lowest BCUT2D eigenvalue weighted by Crippen LogP contribution is -2.33. The molecule has 2 aromatic rings. The molecule has 0 unspecified atom stereocenters. The summed E-state index contributed by atoms with van der Waals surface area (Å²) in [6.07, 6.45) is 0. The molecule has 110 valence electrons. The monoisotopic (exact) mass is 291 g/mol. The van der Waals surface area contributed by atoms with E-state index in [0.29, 0.717) is 24.3 Å². The van der Waals surface area contributed by atoms with Crippen molar-refractivity contribution in [2.24, 2.45) is 0 Å². The van der Waals surface area contributed by atoms with Gasteiger partial charge in [0.05, 0.1) is 5.69 Å². The molecule has 0 amide bonds. The van der Waals surface area contributed by atoms with Crippen LogP contribution in [0.25, 0.3) is 0 Å². The number of hydrogen-bond acceptors (Lipinski definition) is 3. The van der Waals surface area contributed by atoms with Crippen LogP contribution in [0.2, 0.25) is 0 Å². The minimum Gasteiger partial charge on any atom is -0.423 e. The Kier molecular flexibility index (Phi) is 4.93. The van der Waals surface area contributed by atoms with Crippen molar-refractivity contribution in [1.82, 2.24) is 0 Å². The van der Waals surface area contributed by atoms with Crippen LogP contribution in [0, 0.1) is 11.6 Å². The van der Waals surface area contributed by atoms with Gasteiger partial charge in [-0.15, -0.1) is 0 Å². The second-order valence-corrected chi connectivity index (χ2v) is 4.70. The minimum absolute atomic E-state index is 0.183. The first-order chi connectivity index (χ1) is 10.0. The van der Waals surface area contributed by atoms with Gasteiger partial charge in [0.1, 0.15) is 11.6 Å². The van der Waals surface area contributed by atoms with E-state index >= 15 is 0 Å². The predicted octanol–water partition coefficient (Wildman–Crippen LogP) is 1.67. The molecule has 0 radical (unpaired) electrons. The number of para-hydroxylation sites is 1. The van der Waals surface area contributed by atoms with Crippen LogP contribution in [0.15, 0.2) is 42.5 Å². The van der Waals surface area contributed by atoms with Gasteiger partial charge in [-0.2, -0.15) is 0 Å². The fraction of sp³-hybridized carbons (Fsp3) is 0.200. The molecule has 0 aliphatic carbocycles. The lowest BCUT2D eigenvalue weighted by atomic mass is 9.79. The van der Waals surface area contributed by atoms with E-state index in [-0.39, 0.29) is 11.3 Å². The average molecular weight is 291 g/mol. The van der Waals surface area contributed by atoms with Crippen molar-refractivity contribution in [3.05, 3.63) is 59.7 Å². The normalized spacial score (nSPS) is 10.5. The van der Waals surface area contributed by atoms with Gasteiger partial charge in [-0.25, -0.2) is 8.78 Å². The third-order valence-electron chi connectivity index (χ3n) is 3.29. The van der Waals surface area contributed by atoms with Crippen molar-refractivity contribution >= 4 is 18.3 Å². The smallest absolute Gasteiger partial charge is 0.423 e. The highest BCUT2D eigenvalue weighted by Gasteiger charge is 2.18. The summed E-state index contributed by atoms with van der Waals surface area (Å²) in [5, 5.41) is 18.2. The molecular weight excluding hydrogens is 275 g/mol. The maximum absolute atomic E-state index is 13.8. The molecule has 0 fully saturated rings. The van der Waals surface area contributed by atoms with E-state index in [4.69, 9.17) is 10.0 Å². The van der Waals surface area contributed by atoms with E-state index in [1.807, 2.05) is 6.92 Å². The third kappa shape index (κ3) is 3.59. The average Bonchev–Trinajstić information content (AvgIpc) is 2.47. The Bertz CT molecular complexity index is 622. The van der Waals surface area contributed by atoms with Crippen LogP contribution in [0.1, 0.15) is 12.5 Å². The number of halogens is 2. The second-order valence-electron chi connectivity index (χ2n) is 4.70. The number of rotatable bonds is 5. The number of benzene rings is 2. The molecule has 0 aliphatic rings. The molecule has 2 rings (SSSR count). The molecular formula is C15H16BF2NO2. The van der Waals surface area contributed by atoms with Crippen molar-refractivity contribution in [1.29, 1.82) is 0 Å². The summed E-state index contributed by atoms with van der Waals surface area (Å²) in [7, 11) is -1.87. The van der Waals surface area contributed by atoms with E-state index in [0.717, 1.165) is 0 Å². The van der Waals surface area contributed by atoms with E-state index in [1.165, 1.54) is 18.2 Å². The Morgan fingerprint density at radius 2 is 1.76 bits per heavy atom. The zero-order valence-corrected chi connectivity index (χ0v) is 11.6. The van der Waals surface area contributed by atoms with Crippen LogP contribution < -0.4 is 10.4 Å². The lowest BCUT2D eigenvalue weighted by Gasteiger charge is -2.24. The Morgan fingerprint density at radius 1 is 1.05 bits per heavy atom. The molecule has 0 bridgehead atoms. The Balaban J connectivity index is 2.27. The summed E-state index contributed by atoms with van der Waals surface area (Å²) in [5.74, 6) is -1.01. The lowest BCUT2D eigenvalue weighted by molar-refractivity contribution is 0.423. The SMILES string of the molecule is CCN(Cc1ccc(F)c(B(O)O)c1)c1ccccc1F. The Hall–Kier alpha value is -1.92. The highest BCUT2D eigenvalue weighted by molar-refractivity contribution is 6.58. The fourth-order valence-electron chi connectivity index (χ4n) is 2.19. The van der Waals surface area contributed by atoms with Gasteiger partial charge in [-0.3, -0.25) is 0 Å². The first-order valence-electron chi connectivity index (χ1n) is 6.67. The van der Waals surface area contributed by atoms with Crippen molar-refractivity contribution in [2.75, 3.05) is 11.4 Å². The molecule has 0 aliphatic heterocycles.